The summed E-state index contributed by atoms with van der Waals surface area (Å²) in [4.78, 5) is 12.1. The van der Waals surface area contributed by atoms with E-state index in [0.717, 1.165) is 38.5 Å². The summed E-state index contributed by atoms with van der Waals surface area (Å²) in [6.07, 6.45) is 8.93. The zero-order valence-electron chi connectivity index (χ0n) is 14.9. The lowest BCUT2D eigenvalue weighted by atomic mass is 9.40. The van der Waals surface area contributed by atoms with Crippen LogP contribution in [-0.2, 0) is 9.53 Å². The Bertz CT molecular complexity index is 604. The molecule has 134 valence electrons. The van der Waals surface area contributed by atoms with Crippen molar-refractivity contribution in [2.24, 2.45) is 34.0 Å². The van der Waals surface area contributed by atoms with Crippen LogP contribution in [-0.4, -0.2) is 34.5 Å². The van der Waals surface area contributed by atoms with Crippen molar-refractivity contribution in [1.29, 1.82) is 0 Å². The van der Waals surface area contributed by atoms with E-state index in [9.17, 15) is 15.0 Å². The van der Waals surface area contributed by atoms with E-state index >= 15 is 0 Å². The maximum Gasteiger partial charge on any atom is 0.309 e. The third-order valence-electron chi connectivity index (χ3n) is 9.47. The van der Waals surface area contributed by atoms with Crippen molar-refractivity contribution in [3.63, 3.8) is 0 Å². The Morgan fingerprint density at radius 3 is 2.62 bits per heavy atom. The number of ether oxygens (including phenoxy) is 1. The third-order valence-corrected chi connectivity index (χ3v) is 9.47. The van der Waals surface area contributed by atoms with E-state index in [-0.39, 0.29) is 35.1 Å². The number of carbonyl (C=O) groups is 1. The molecule has 0 aromatic carbocycles. The lowest BCUT2D eigenvalue weighted by Gasteiger charge is -2.63. The Morgan fingerprint density at radius 2 is 1.92 bits per heavy atom. The van der Waals surface area contributed by atoms with Crippen molar-refractivity contribution in [1.82, 2.24) is 0 Å². The van der Waals surface area contributed by atoms with Gasteiger partial charge in [0.15, 0.2) is 0 Å². The fraction of sp³-hybridized carbons (Fsp3) is 0.950. The molecule has 4 nitrogen and oxygen atoms in total. The summed E-state index contributed by atoms with van der Waals surface area (Å²) in [5.74, 6) is 0.784. The lowest BCUT2D eigenvalue weighted by molar-refractivity contribution is -0.187. The highest BCUT2D eigenvalue weighted by Crippen LogP contribution is 2.78. The molecule has 1 saturated heterocycles. The number of rotatable bonds is 2. The quantitative estimate of drug-likeness (QED) is 0.761. The summed E-state index contributed by atoms with van der Waals surface area (Å²) < 4.78 is 6.17. The molecule has 8 atom stereocenters. The maximum absolute atomic E-state index is 12.1. The highest BCUT2D eigenvalue weighted by Gasteiger charge is 2.80. The summed E-state index contributed by atoms with van der Waals surface area (Å²) in [6.45, 7) is 4.57. The molecule has 1 heterocycles. The zero-order chi connectivity index (χ0) is 17.0. The monoisotopic (exact) mass is 334 g/mol. The highest BCUT2D eigenvalue weighted by atomic mass is 16.6. The van der Waals surface area contributed by atoms with Gasteiger partial charge in [-0.2, -0.15) is 0 Å². The second-order valence-electron chi connectivity index (χ2n) is 10.0. The maximum atomic E-state index is 12.1. The molecular formula is C20H30O4. The minimum atomic E-state index is -0.596. The molecule has 2 bridgehead atoms. The zero-order valence-corrected chi connectivity index (χ0v) is 14.9. The van der Waals surface area contributed by atoms with Crippen LogP contribution in [0.25, 0.3) is 0 Å². The van der Waals surface area contributed by atoms with Crippen LogP contribution in [0.1, 0.15) is 65.2 Å². The highest BCUT2D eigenvalue weighted by molar-refractivity contribution is 5.75. The van der Waals surface area contributed by atoms with E-state index in [1.54, 1.807) is 0 Å². The Morgan fingerprint density at radius 1 is 1.12 bits per heavy atom. The van der Waals surface area contributed by atoms with Crippen molar-refractivity contribution >= 4 is 5.97 Å². The average Bonchev–Trinajstić information content (AvgIpc) is 3.27. The molecule has 0 radical (unpaired) electrons. The molecular weight excluding hydrogens is 304 g/mol. The van der Waals surface area contributed by atoms with Crippen molar-refractivity contribution in [3.05, 3.63) is 0 Å². The van der Waals surface area contributed by atoms with Gasteiger partial charge < -0.3 is 14.9 Å². The summed E-state index contributed by atoms with van der Waals surface area (Å²) in [5, 5.41) is 19.9. The summed E-state index contributed by atoms with van der Waals surface area (Å²) in [7, 11) is 0. The van der Waals surface area contributed by atoms with Crippen molar-refractivity contribution in [2.45, 2.75) is 76.9 Å². The van der Waals surface area contributed by atoms with Gasteiger partial charge in [-0.1, -0.05) is 13.3 Å². The Labute approximate surface area is 144 Å². The first kappa shape index (κ1) is 15.6. The van der Waals surface area contributed by atoms with Gasteiger partial charge in [0, 0.05) is 5.41 Å². The summed E-state index contributed by atoms with van der Waals surface area (Å²) in [6, 6.07) is 0. The number of carboxylic acids is 1. The largest absolute Gasteiger partial charge is 0.481 e. The van der Waals surface area contributed by atoms with Crippen LogP contribution in [0.3, 0.4) is 0 Å². The molecule has 4 heteroatoms. The Kier molecular flexibility index (Phi) is 2.85. The standard InChI is InChI=1S/C20H30O4/c1-17-7-3-8-18(2,16(22)23)13(17)6-9-19-10-12(4-5-14(17)19)20(11-21)15(19)24-20/h12-15,21H,3-11H2,1-2H3,(H,22,23)/t12-,13+,14-,15-,17-,18-,19-,20+/m1/s1. The lowest BCUT2D eigenvalue weighted by Crippen LogP contribution is -2.59. The first-order chi connectivity index (χ1) is 11.3. The molecule has 5 fully saturated rings. The minimum absolute atomic E-state index is 0.117. The van der Waals surface area contributed by atoms with E-state index in [1.807, 2.05) is 6.92 Å². The Balaban J connectivity index is 1.56. The van der Waals surface area contributed by atoms with E-state index < -0.39 is 11.4 Å². The van der Waals surface area contributed by atoms with Crippen LogP contribution in [0.5, 0.6) is 0 Å². The van der Waals surface area contributed by atoms with Crippen LogP contribution in [0.4, 0.5) is 0 Å². The summed E-state index contributed by atoms with van der Waals surface area (Å²) >= 11 is 0. The average molecular weight is 334 g/mol. The van der Waals surface area contributed by atoms with Crippen LogP contribution in [0.15, 0.2) is 0 Å². The van der Waals surface area contributed by atoms with Gasteiger partial charge in [0.2, 0.25) is 0 Å². The fourth-order valence-electron chi connectivity index (χ4n) is 8.46. The number of fused-ring (bicyclic) bond motifs is 5. The Hall–Kier alpha value is -0.610. The van der Waals surface area contributed by atoms with E-state index in [2.05, 4.69) is 6.92 Å². The SMILES string of the molecule is C[C@@]12CCC[C@@](C)(C(=O)O)[C@H]1CC[C@@]13C[C@@H](CC[C@H]21)[C@]1(CO)O[C@H]31. The molecule has 1 spiro atoms. The van der Waals surface area contributed by atoms with E-state index in [1.165, 1.54) is 12.8 Å². The molecule has 2 N–H and O–H groups in total. The molecule has 4 saturated carbocycles. The number of hydrogen-bond acceptors (Lipinski definition) is 3. The fourth-order valence-corrected chi connectivity index (χ4v) is 8.46. The van der Waals surface area contributed by atoms with Crippen LogP contribution in [0, 0.1) is 34.0 Å². The van der Waals surface area contributed by atoms with Gasteiger partial charge >= 0.3 is 5.97 Å². The number of hydrogen-bond donors (Lipinski definition) is 2. The minimum Gasteiger partial charge on any atom is -0.481 e. The van der Waals surface area contributed by atoms with E-state index in [0.29, 0.717) is 11.8 Å². The first-order valence-electron chi connectivity index (χ1n) is 9.86. The molecule has 0 aromatic rings. The van der Waals surface area contributed by atoms with Crippen LogP contribution >= 0.6 is 0 Å². The predicted molar refractivity (Wildman–Crippen MR) is 88.4 cm³/mol. The summed E-state index contributed by atoms with van der Waals surface area (Å²) in [5.41, 5.74) is -0.467. The second-order valence-corrected chi connectivity index (χ2v) is 10.0. The molecule has 0 amide bonds. The molecule has 1 aliphatic heterocycles. The van der Waals surface area contributed by atoms with Gasteiger partial charge in [-0.05, 0) is 75.0 Å². The second kappa shape index (κ2) is 4.37. The predicted octanol–water partition coefficient (Wildman–Crippen LogP) is 3.22. The van der Waals surface area contributed by atoms with Crippen molar-refractivity contribution in [3.8, 4) is 0 Å². The van der Waals surface area contributed by atoms with E-state index in [4.69, 9.17) is 4.74 Å². The van der Waals surface area contributed by atoms with Crippen LogP contribution in [0.2, 0.25) is 0 Å². The number of aliphatic hydroxyl groups is 1. The normalized spacial score (nSPS) is 60.8. The van der Waals surface area contributed by atoms with Gasteiger partial charge in [-0.3, -0.25) is 4.79 Å². The molecule has 0 aromatic heterocycles. The van der Waals surface area contributed by atoms with Gasteiger partial charge in [0.25, 0.3) is 0 Å². The smallest absolute Gasteiger partial charge is 0.309 e. The number of carboxylic acid groups (broad SMARTS) is 1. The molecule has 5 aliphatic rings. The topological polar surface area (TPSA) is 70.1 Å². The van der Waals surface area contributed by atoms with Gasteiger partial charge in [0.1, 0.15) is 5.60 Å². The van der Waals surface area contributed by atoms with Gasteiger partial charge in [0.05, 0.1) is 18.1 Å². The van der Waals surface area contributed by atoms with Gasteiger partial charge in [-0.25, -0.2) is 0 Å². The molecule has 5 rings (SSSR count). The van der Waals surface area contributed by atoms with Gasteiger partial charge in [-0.15, -0.1) is 0 Å². The number of epoxide rings is 1. The van der Waals surface area contributed by atoms with Crippen LogP contribution < -0.4 is 0 Å². The molecule has 24 heavy (non-hydrogen) atoms. The van der Waals surface area contributed by atoms with Crippen molar-refractivity contribution < 1.29 is 19.7 Å². The first-order valence-corrected chi connectivity index (χ1v) is 9.86. The van der Waals surface area contributed by atoms with Crippen molar-refractivity contribution in [2.75, 3.05) is 6.61 Å². The third kappa shape index (κ3) is 1.48. The molecule has 0 unspecified atom stereocenters. The number of aliphatic carboxylic acids is 1. The molecule has 4 aliphatic carbocycles. The number of aliphatic hydroxyl groups excluding tert-OH is 1.